The van der Waals surface area contributed by atoms with Crippen LogP contribution in [0.1, 0.15) is 5.56 Å². The van der Waals surface area contributed by atoms with Crippen LogP contribution in [-0.2, 0) is 0 Å². The van der Waals surface area contributed by atoms with Gasteiger partial charge in [0, 0.05) is 23.8 Å². The van der Waals surface area contributed by atoms with Crippen LogP contribution in [0.15, 0.2) is 64.5 Å². The smallest absolute Gasteiger partial charge is 0.280 e. The summed E-state index contributed by atoms with van der Waals surface area (Å²) in [5, 5.41) is 4.86. The van der Waals surface area contributed by atoms with E-state index in [1.54, 1.807) is 18.5 Å². The third kappa shape index (κ3) is 2.07. The largest absolute Gasteiger partial charge is 0.296 e. The van der Waals surface area contributed by atoms with Gasteiger partial charge in [0.2, 0.25) is 0 Å². The van der Waals surface area contributed by atoms with Crippen molar-refractivity contribution in [2.45, 2.75) is 0 Å². The second kappa shape index (κ2) is 4.92. The van der Waals surface area contributed by atoms with E-state index < -0.39 is 0 Å². The number of para-hydroxylation sites is 1. The quantitative estimate of drug-likeness (QED) is 0.742. The van der Waals surface area contributed by atoms with E-state index in [1.807, 2.05) is 30.3 Å². The second-order valence-corrected chi connectivity index (χ2v) is 4.82. The van der Waals surface area contributed by atoms with Gasteiger partial charge in [-0.1, -0.05) is 18.2 Å². The highest BCUT2D eigenvalue weighted by molar-refractivity contribution is 5.65. The molecule has 1 aromatic carbocycles. The highest BCUT2D eigenvalue weighted by Crippen LogP contribution is 2.07. The number of hydrogen-bond acceptors (Lipinski definition) is 4. The lowest BCUT2D eigenvalue weighted by atomic mass is 10.2. The second-order valence-electron chi connectivity index (χ2n) is 4.82. The molecule has 3 aromatic rings. The van der Waals surface area contributed by atoms with Gasteiger partial charge in [-0.25, -0.2) is 9.98 Å². The summed E-state index contributed by atoms with van der Waals surface area (Å²) in [5.41, 5.74) is 1.09. The molecule has 0 amide bonds. The Hall–Kier alpha value is -3.28. The predicted molar refractivity (Wildman–Crippen MR) is 81.6 cm³/mol. The van der Waals surface area contributed by atoms with E-state index in [4.69, 9.17) is 0 Å². The summed E-state index contributed by atoms with van der Waals surface area (Å²) in [7, 11) is 0. The lowest BCUT2D eigenvalue weighted by Gasteiger charge is -1.96. The fourth-order valence-corrected chi connectivity index (χ4v) is 2.34. The Balaban J connectivity index is 1.77. The minimum absolute atomic E-state index is 0.187. The number of benzene rings is 1. The molecule has 0 atom stereocenters. The van der Waals surface area contributed by atoms with Gasteiger partial charge < -0.3 is 0 Å². The van der Waals surface area contributed by atoms with Gasteiger partial charge >= 0.3 is 0 Å². The Kier molecular flexibility index (Phi) is 2.79. The van der Waals surface area contributed by atoms with Crippen LogP contribution < -0.4 is 16.1 Å². The molecule has 0 aliphatic carbocycles. The van der Waals surface area contributed by atoms with E-state index in [1.165, 1.54) is 17.1 Å². The van der Waals surface area contributed by atoms with Gasteiger partial charge in [-0.2, -0.15) is 4.68 Å². The molecule has 6 heteroatoms. The number of allylic oxidation sites excluding steroid dienone is 1. The first-order chi connectivity index (χ1) is 10.8. The van der Waals surface area contributed by atoms with E-state index in [0.717, 1.165) is 16.3 Å². The van der Waals surface area contributed by atoms with Crippen molar-refractivity contribution in [1.29, 1.82) is 0 Å². The number of rotatable bonds is 2. The molecule has 4 rings (SSSR count). The van der Waals surface area contributed by atoms with E-state index in [-0.39, 0.29) is 5.56 Å². The molecule has 2 aromatic heterocycles. The van der Waals surface area contributed by atoms with Crippen molar-refractivity contribution in [1.82, 2.24) is 19.7 Å². The molecule has 0 bridgehead atoms. The van der Waals surface area contributed by atoms with Crippen molar-refractivity contribution < 1.29 is 0 Å². The molecule has 0 unspecified atom stereocenters. The van der Waals surface area contributed by atoms with E-state index in [9.17, 15) is 4.79 Å². The number of H-pyrrole nitrogens is 1. The molecule has 22 heavy (non-hydrogen) atoms. The molecule has 1 N–H and O–H groups in total. The van der Waals surface area contributed by atoms with Crippen LogP contribution in [0.4, 0.5) is 0 Å². The summed E-state index contributed by atoms with van der Waals surface area (Å²) < 4.78 is 1.35. The zero-order chi connectivity index (χ0) is 14.9. The SMILES string of the molecule is O=c1c(C=C2C=c3ccccc3=N2)c[nH]n1-c1cnccn1. The van der Waals surface area contributed by atoms with Crippen LogP contribution in [0.2, 0.25) is 0 Å². The molecule has 0 radical (unpaired) electrons. The number of nitrogens with zero attached hydrogens (tertiary/aromatic N) is 4. The Morgan fingerprint density at radius 1 is 1.18 bits per heavy atom. The average molecular weight is 289 g/mol. The summed E-state index contributed by atoms with van der Waals surface area (Å²) >= 11 is 0. The fraction of sp³-hybridized carbons (Fsp3) is 0. The van der Waals surface area contributed by atoms with Crippen LogP contribution in [0, 0.1) is 0 Å². The number of aromatic amines is 1. The highest BCUT2D eigenvalue weighted by atomic mass is 16.1. The maximum absolute atomic E-state index is 12.4. The first-order valence-corrected chi connectivity index (χ1v) is 6.75. The number of aromatic nitrogens is 4. The Labute approximate surface area is 124 Å². The molecule has 3 heterocycles. The molecule has 1 aliphatic heterocycles. The normalized spacial score (nSPS) is 14.5. The molecule has 0 spiro atoms. The summed E-state index contributed by atoms with van der Waals surface area (Å²) in [6, 6.07) is 7.85. The van der Waals surface area contributed by atoms with Gasteiger partial charge in [0.25, 0.3) is 5.56 Å². The van der Waals surface area contributed by atoms with Crippen LogP contribution in [0.25, 0.3) is 18.0 Å². The van der Waals surface area contributed by atoms with Crippen LogP contribution in [0.5, 0.6) is 0 Å². The van der Waals surface area contributed by atoms with Crippen LogP contribution in [0.3, 0.4) is 0 Å². The Morgan fingerprint density at radius 2 is 2.09 bits per heavy atom. The first kappa shape index (κ1) is 12.5. The molecule has 0 saturated heterocycles. The zero-order valence-electron chi connectivity index (χ0n) is 11.5. The number of fused-ring (bicyclic) bond motifs is 1. The van der Waals surface area contributed by atoms with Crippen LogP contribution >= 0.6 is 0 Å². The third-order valence-corrected chi connectivity index (χ3v) is 3.37. The summed E-state index contributed by atoms with van der Waals surface area (Å²) in [4.78, 5) is 24.9. The van der Waals surface area contributed by atoms with Gasteiger partial charge in [-0.15, -0.1) is 0 Å². The van der Waals surface area contributed by atoms with Gasteiger partial charge in [0.15, 0.2) is 5.82 Å². The topological polar surface area (TPSA) is 75.9 Å². The number of hydrogen-bond donors (Lipinski definition) is 1. The minimum Gasteiger partial charge on any atom is -0.296 e. The minimum atomic E-state index is -0.187. The molecule has 1 aliphatic rings. The van der Waals surface area contributed by atoms with Gasteiger partial charge in [0.1, 0.15) is 0 Å². The molecular weight excluding hydrogens is 278 g/mol. The van der Waals surface area contributed by atoms with Crippen molar-refractivity contribution in [2.24, 2.45) is 4.99 Å². The summed E-state index contributed by atoms with van der Waals surface area (Å²) in [5.74, 6) is 0.452. The van der Waals surface area contributed by atoms with E-state index >= 15 is 0 Å². The molecule has 0 fully saturated rings. The van der Waals surface area contributed by atoms with Crippen molar-refractivity contribution in [3.05, 3.63) is 81.2 Å². The molecule has 106 valence electrons. The summed E-state index contributed by atoms with van der Waals surface area (Å²) in [6.45, 7) is 0. The Bertz CT molecular complexity index is 1010. The highest BCUT2D eigenvalue weighted by Gasteiger charge is 2.08. The average Bonchev–Trinajstić information content (AvgIpc) is 3.12. The monoisotopic (exact) mass is 289 g/mol. The maximum atomic E-state index is 12.4. The zero-order valence-corrected chi connectivity index (χ0v) is 11.5. The lowest BCUT2D eigenvalue weighted by molar-refractivity contribution is 0.810. The van der Waals surface area contributed by atoms with Crippen molar-refractivity contribution >= 4 is 12.2 Å². The molecule has 0 saturated carbocycles. The third-order valence-electron chi connectivity index (χ3n) is 3.37. The summed E-state index contributed by atoms with van der Waals surface area (Å²) in [6.07, 6.45) is 9.97. The first-order valence-electron chi connectivity index (χ1n) is 6.75. The van der Waals surface area contributed by atoms with E-state index in [0.29, 0.717) is 11.4 Å². The van der Waals surface area contributed by atoms with Crippen molar-refractivity contribution in [3.63, 3.8) is 0 Å². The van der Waals surface area contributed by atoms with Gasteiger partial charge in [0.05, 0.1) is 22.8 Å². The van der Waals surface area contributed by atoms with Crippen molar-refractivity contribution in [2.75, 3.05) is 0 Å². The lowest BCUT2D eigenvalue weighted by Crippen LogP contribution is -2.19. The fourth-order valence-electron chi connectivity index (χ4n) is 2.34. The van der Waals surface area contributed by atoms with Gasteiger partial charge in [-0.3, -0.25) is 14.9 Å². The van der Waals surface area contributed by atoms with Crippen LogP contribution in [-0.4, -0.2) is 19.7 Å². The number of nitrogens with one attached hydrogen (secondary N) is 1. The van der Waals surface area contributed by atoms with Gasteiger partial charge in [-0.05, 0) is 18.2 Å². The molecular formula is C16H11N5O. The standard InChI is InChI=1S/C16H11N5O/c22-16-12(9-19-21(16)15-10-17-5-6-18-15)8-13-7-11-3-1-2-4-14(11)20-13/h1-10,19H. The molecule has 6 nitrogen and oxygen atoms in total. The Morgan fingerprint density at radius 3 is 2.91 bits per heavy atom. The predicted octanol–water partition coefficient (Wildman–Crippen LogP) is 0.410. The van der Waals surface area contributed by atoms with Crippen molar-refractivity contribution in [3.8, 4) is 5.82 Å². The maximum Gasteiger partial charge on any atom is 0.280 e. The van der Waals surface area contributed by atoms with E-state index in [2.05, 4.69) is 20.1 Å².